The van der Waals surface area contributed by atoms with Gasteiger partial charge in [-0.3, -0.25) is 19.0 Å². The van der Waals surface area contributed by atoms with Crippen LogP contribution in [0.15, 0.2) is 57.7 Å². The number of amides is 2. The molecular formula is C20H19N3O6. The zero-order valence-corrected chi connectivity index (χ0v) is 15.6. The number of nitrogens with zero attached hydrogens (tertiary/aromatic N) is 1. The van der Waals surface area contributed by atoms with Crippen LogP contribution in [-0.4, -0.2) is 36.0 Å². The summed E-state index contributed by atoms with van der Waals surface area (Å²) in [6.07, 6.45) is -0.0944. The predicted octanol–water partition coefficient (Wildman–Crippen LogP) is 1.53. The second-order valence-corrected chi connectivity index (χ2v) is 6.11. The van der Waals surface area contributed by atoms with Gasteiger partial charge in [-0.05, 0) is 30.3 Å². The minimum Gasteiger partial charge on any atom is -0.456 e. The average molecular weight is 397 g/mol. The lowest BCUT2D eigenvalue weighted by atomic mass is 10.2. The second-order valence-electron chi connectivity index (χ2n) is 6.11. The van der Waals surface area contributed by atoms with Crippen LogP contribution >= 0.6 is 0 Å². The van der Waals surface area contributed by atoms with Crippen LogP contribution in [0.4, 0.5) is 5.69 Å². The largest absolute Gasteiger partial charge is 0.456 e. The average Bonchev–Trinajstić information content (AvgIpc) is 3.05. The molecule has 0 aliphatic carbocycles. The Morgan fingerprint density at radius 1 is 1.10 bits per heavy atom. The number of rotatable bonds is 7. The first kappa shape index (κ1) is 19.9. The third-order valence-corrected chi connectivity index (χ3v) is 4.11. The van der Waals surface area contributed by atoms with E-state index in [1.807, 2.05) is 0 Å². The molecule has 0 atom stereocenters. The van der Waals surface area contributed by atoms with E-state index < -0.39 is 24.2 Å². The molecule has 0 radical (unpaired) electrons. The van der Waals surface area contributed by atoms with E-state index in [-0.39, 0.29) is 18.9 Å². The first-order valence-corrected chi connectivity index (χ1v) is 8.84. The molecule has 150 valence electrons. The summed E-state index contributed by atoms with van der Waals surface area (Å²) < 4.78 is 11.4. The Labute approximate surface area is 165 Å². The number of fused-ring (bicyclic) bond motifs is 1. The van der Waals surface area contributed by atoms with E-state index in [1.165, 1.54) is 17.7 Å². The van der Waals surface area contributed by atoms with Crippen molar-refractivity contribution >= 4 is 34.6 Å². The van der Waals surface area contributed by atoms with Crippen LogP contribution in [0.2, 0.25) is 0 Å². The van der Waals surface area contributed by atoms with Crippen LogP contribution in [0.1, 0.15) is 16.8 Å². The quantitative estimate of drug-likeness (QED) is 0.584. The molecule has 0 aliphatic heterocycles. The molecule has 2 amide bonds. The van der Waals surface area contributed by atoms with E-state index in [1.54, 1.807) is 42.5 Å². The van der Waals surface area contributed by atoms with Crippen molar-refractivity contribution in [2.24, 2.45) is 0 Å². The molecule has 0 bridgehead atoms. The fraction of sp³-hybridized carbons (Fsp3) is 0.200. The summed E-state index contributed by atoms with van der Waals surface area (Å²) in [5.41, 5.74) is 1.81. The van der Waals surface area contributed by atoms with Crippen molar-refractivity contribution in [2.45, 2.75) is 13.0 Å². The Balaban J connectivity index is 1.50. The number of carbonyl (C=O) groups excluding carboxylic acids is 3. The number of hydrogen-bond acceptors (Lipinski definition) is 6. The van der Waals surface area contributed by atoms with Gasteiger partial charge in [0.25, 0.3) is 11.8 Å². The van der Waals surface area contributed by atoms with Crippen molar-refractivity contribution in [3.8, 4) is 0 Å². The second kappa shape index (κ2) is 8.87. The van der Waals surface area contributed by atoms with Crippen molar-refractivity contribution < 1.29 is 23.5 Å². The van der Waals surface area contributed by atoms with E-state index in [0.29, 0.717) is 22.4 Å². The molecule has 3 aromatic rings. The molecule has 9 heteroatoms. The van der Waals surface area contributed by atoms with Crippen molar-refractivity contribution in [3.63, 3.8) is 0 Å². The van der Waals surface area contributed by atoms with Gasteiger partial charge in [0.1, 0.15) is 0 Å². The summed E-state index contributed by atoms with van der Waals surface area (Å²) in [7, 11) is 1.51. The highest BCUT2D eigenvalue weighted by molar-refractivity contribution is 5.97. The van der Waals surface area contributed by atoms with Gasteiger partial charge in [-0.1, -0.05) is 18.2 Å². The lowest BCUT2D eigenvalue weighted by molar-refractivity contribution is -0.147. The Bertz CT molecular complexity index is 1110. The van der Waals surface area contributed by atoms with E-state index >= 15 is 0 Å². The molecule has 0 spiro atoms. The highest BCUT2D eigenvalue weighted by atomic mass is 16.5. The highest BCUT2D eigenvalue weighted by Crippen LogP contribution is 2.12. The Kier molecular flexibility index (Phi) is 6.08. The molecule has 2 aromatic carbocycles. The topological polar surface area (TPSA) is 120 Å². The number of anilines is 1. The number of carbonyl (C=O) groups is 3. The van der Waals surface area contributed by atoms with Gasteiger partial charge in [0.2, 0.25) is 0 Å². The van der Waals surface area contributed by atoms with Crippen LogP contribution in [0, 0.1) is 0 Å². The van der Waals surface area contributed by atoms with E-state index in [2.05, 4.69) is 10.6 Å². The minimum absolute atomic E-state index is 0.0739. The van der Waals surface area contributed by atoms with Crippen molar-refractivity contribution in [2.75, 3.05) is 19.0 Å². The molecule has 9 nitrogen and oxygen atoms in total. The van der Waals surface area contributed by atoms with Gasteiger partial charge in [0.15, 0.2) is 12.2 Å². The molecule has 29 heavy (non-hydrogen) atoms. The van der Waals surface area contributed by atoms with Crippen LogP contribution in [0.25, 0.3) is 11.1 Å². The number of benzene rings is 2. The lowest BCUT2D eigenvalue weighted by Gasteiger charge is -2.08. The van der Waals surface area contributed by atoms with E-state index in [4.69, 9.17) is 9.15 Å². The SMILES string of the molecule is CNC(=O)c1cccc(NC(=O)COC(=O)CCn2c(=O)oc3ccccc32)c1. The smallest absolute Gasteiger partial charge is 0.419 e. The summed E-state index contributed by atoms with van der Waals surface area (Å²) in [5.74, 6) is -2.02. The van der Waals surface area contributed by atoms with E-state index in [9.17, 15) is 19.2 Å². The molecule has 0 fully saturated rings. The number of nitrogens with one attached hydrogen (secondary N) is 2. The Morgan fingerprint density at radius 3 is 2.69 bits per heavy atom. The minimum atomic E-state index is -0.628. The van der Waals surface area contributed by atoms with Gasteiger partial charge < -0.3 is 19.8 Å². The maximum absolute atomic E-state index is 12.0. The first-order chi connectivity index (χ1) is 14.0. The van der Waals surface area contributed by atoms with Gasteiger partial charge in [0, 0.05) is 24.8 Å². The first-order valence-electron chi connectivity index (χ1n) is 8.84. The van der Waals surface area contributed by atoms with Gasteiger partial charge in [-0.25, -0.2) is 4.79 Å². The molecule has 1 heterocycles. The number of aryl methyl sites for hydroxylation is 1. The molecule has 1 aromatic heterocycles. The number of aromatic nitrogens is 1. The summed E-state index contributed by atoms with van der Waals surface area (Å²) in [6.45, 7) is -0.408. The van der Waals surface area contributed by atoms with Crippen LogP contribution in [-0.2, 0) is 20.9 Å². The number of oxazole rings is 1. The summed E-state index contributed by atoms with van der Waals surface area (Å²) in [5, 5.41) is 5.04. The fourth-order valence-corrected chi connectivity index (χ4v) is 2.73. The standard InChI is InChI=1S/C20H19N3O6/c1-21-19(26)13-5-4-6-14(11-13)22-17(24)12-28-18(25)9-10-23-15-7-2-3-8-16(15)29-20(23)27/h2-8,11H,9-10,12H2,1H3,(H,21,26)(H,22,24). The van der Waals surface area contributed by atoms with E-state index in [0.717, 1.165) is 0 Å². The molecule has 0 aliphatic rings. The van der Waals surface area contributed by atoms with Gasteiger partial charge >= 0.3 is 11.7 Å². The molecule has 0 unspecified atom stereocenters. The summed E-state index contributed by atoms with van der Waals surface area (Å²) >= 11 is 0. The third-order valence-electron chi connectivity index (χ3n) is 4.11. The third kappa shape index (κ3) is 4.89. The fourth-order valence-electron chi connectivity index (χ4n) is 2.73. The monoisotopic (exact) mass is 397 g/mol. The maximum atomic E-state index is 12.0. The maximum Gasteiger partial charge on any atom is 0.419 e. The molecular weight excluding hydrogens is 378 g/mol. The zero-order valence-electron chi connectivity index (χ0n) is 15.6. The van der Waals surface area contributed by atoms with Crippen molar-refractivity contribution in [1.29, 1.82) is 0 Å². The number of para-hydroxylation sites is 2. The van der Waals surface area contributed by atoms with Crippen molar-refractivity contribution in [1.82, 2.24) is 9.88 Å². The lowest BCUT2D eigenvalue weighted by Crippen LogP contribution is -2.23. The zero-order chi connectivity index (χ0) is 20.8. The molecule has 2 N–H and O–H groups in total. The number of hydrogen-bond donors (Lipinski definition) is 2. The predicted molar refractivity (Wildman–Crippen MR) is 105 cm³/mol. The number of esters is 1. The van der Waals surface area contributed by atoms with Crippen molar-refractivity contribution in [3.05, 3.63) is 64.6 Å². The van der Waals surface area contributed by atoms with Crippen LogP contribution in [0.5, 0.6) is 0 Å². The van der Waals surface area contributed by atoms with Crippen LogP contribution in [0.3, 0.4) is 0 Å². The Morgan fingerprint density at radius 2 is 1.90 bits per heavy atom. The number of ether oxygens (including phenoxy) is 1. The Hall–Kier alpha value is -3.88. The molecule has 0 saturated carbocycles. The molecule has 3 rings (SSSR count). The highest BCUT2D eigenvalue weighted by Gasteiger charge is 2.13. The molecule has 0 saturated heterocycles. The normalized spacial score (nSPS) is 10.5. The summed E-state index contributed by atoms with van der Waals surface area (Å²) in [6, 6.07) is 13.2. The van der Waals surface area contributed by atoms with Gasteiger partial charge in [-0.15, -0.1) is 0 Å². The summed E-state index contributed by atoms with van der Waals surface area (Å²) in [4.78, 5) is 47.4. The van der Waals surface area contributed by atoms with Crippen LogP contribution < -0.4 is 16.4 Å². The van der Waals surface area contributed by atoms with Gasteiger partial charge in [-0.2, -0.15) is 0 Å². The van der Waals surface area contributed by atoms with Gasteiger partial charge in [0.05, 0.1) is 11.9 Å².